The Morgan fingerprint density at radius 1 is 0.795 bits per heavy atom. The molecule has 3 aromatic carbocycles. The minimum absolute atomic E-state index is 0.120. The number of nitrogens with zero attached hydrogens (tertiary/aromatic N) is 2. The third-order valence-corrected chi connectivity index (χ3v) is 6.43. The molecule has 6 nitrogen and oxygen atoms in total. The second kappa shape index (κ2) is 14.3. The molecule has 0 spiro atoms. The van der Waals surface area contributed by atoms with E-state index in [2.05, 4.69) is 27.2 Å². The van der Waals surface area contributed by atoms with Gasteiger partial charge in [0.2, 0.25) is 0 Å². The van der Waals surface area contributed by atoms with Crippen LogP contribution in [-0.4, -0.2) is 59.1 Å². The standard InChI is InChI=1S/C26H27Cl2N3O.C2HF3O2/c27-23-9-11-25(12-10-23)29-26(32)22-7-5-20(6-8-22)18-30-13-2-14-31(16-15-30)19-21-3-1-4-24(28)17-21;3-2(4,5)1(6)7/h1,3-12,17H,2,13-16,18-19H2,(H,29,32);(H,6,7). The minimum Gasteiger partial charge on any atom is -0.475 e. The van der Waals surface area contributed by atoms with Crippen molar-refractivity contribution in [3.63, 3.8) is 0 Å². The Morgan fingerprint density at radius 3 is 1.90 bits per heavy atom. The predicted molar refractivity (Wildman–Crippen MR) is 146 cm³/mol. The van der Waals surface area contributed by atoms with Crippen LogP contribution in [0, 0.1) is 0 Å². The van der Waals surface area contributed by atoms with Crippen LogP contribution in [0.3, 0.4) is 0 Å². The number of rotatable bonds is 6. The molecule has 1 amide bonds. The van der Waals surface area contributed by atoms with Gasteiger partial charge in [0.1, 0.15) is 0 Å². The summed E-state index contributed by atoms with van der Waals surface area (Å²) in [6.45, 7) is 6.06. The molecule has 2 N–H and O–H groups in total. The fourth-order valence-electron chi connectivity index (χ4n) is 3.99. The van der Waals surface area contributed by atoms with Gasteiger partial charge in [-0.3, -0.25) is 14.6 Å². The van der Waals surface area contributed by atoms with Crippen molar-refractivity contribution in [1.29, 1.82) is 0 Å². The molecule has 0 atom stereocenters. The van der Waals surface area contributed by atoms with Crippen molar-refractivity contribution in [3.05, 3.63) is 99.5 Å². The fraction of sp³-hybridized carbons (Fsp3) is 0.286. The van der Waals surface area contributed by atoms with E-state index < -0.39 is 12.1 Å². The number of aliphatic carboxylic acids is 1. The molecule has 1 heterocycles. The van der Waals surface area contributed by atoms with Crippen molar-refractivity contribution in [2.45, 2.75) is 25.7 Å². The van der Waals surface area contributed by atoms with Crippen molar-refractivity contribution in [2.75, 3.05) is 31.5 Å². The lowest BCUT2D eigenvalue weighted by molar-refractivity contribution is -0.192. The number of carbonyl (C=O) groups excluding carboxylic acids is 1. The number of benzene rings is 3. The molecule has 1 aliphatic rings. The Morgan fingerprint density at radius 2 is 1.36 bits per heavy atom. The van der Waals surface area contributed by atoms with Crippen LogP contribution in [0.2, 0.25) is 10.0 Å². The first-order valence-electron chi connectivity index (χ1n) is 12.1. The van der Waals surface area contributed by atoms with Crippen LogP contribution < -0.4 is 5.32 Å². The van der Waals surface area contributed by atoms with Gasteiger partial charge in [0, 0.05) is 47.5 Å². The molecule has 208 valence electrons. The number of carbonyl (C=O) groups is 2. The summed E-state index contributed by atoms with van der Waals surface area (Å²) >= 11 is 12.0. The molecule has 1 aliphatic heterocycles. The highest BCUT2D eigenvalue weighted by Crippen LogP contribution is 2.17. The molecule has 39 heavy (non-hydrogen) atoms. The summed E-state index contributed by atoms with van der Waals surface area (Å²) in [5.41, 5.74) is 3.86. The van der Waals surface area contributed by atoms with Crippen LogP contribution >= 0.6 is 23.2 Å². The van der Waals surface area contributed by atoms with Gasteiger partial charge in [0.05, 0.1) is 0 Å². The average molecular weight is 582 g/mol. The lowest BCUT2D eigenvalue weighted by Gasteiger charge is -2.22. The molecule has 1 fully saturated rings. The summed E-state index contributed by atoms with van der Waals surface area (Å²) in [6.07, 6.45) is -3.94. The summed E-state index contributed by atoms with van der Waals surface area (Å²) in [5.74, 6) is -2.88. The molecule has 0 saturated carbocycles. The van der Waals surface area contributed by atoms with E-state index in [-0.39, 0.29) is 5.91 Å². The predicted octanol–water partition coefficient (Wildman–Crippen LogP) is 6.59. The maximum atomic E-state index is 12.5. The number of amides is 1. The van der Waals surface area contributed by atoms with Gasteiger partial charge in [0.15, 0.2) is 0 Å². The molecule has 11 heteroatoms. The summed E-state index contributed by atoms with van der Waals surface area (Å²) in [7, 11) is 0. The van der Waals surface area contributed by atoms with E-state index in [0.717, 1.165) is 56.4 Å². The first kappa shape index (κ1) is 30.4. The van der Waals surface area contributed by atoms with Crippen molar-refractivity contribution in [1.82, 2.24) is 9.80 Å². The number of carboxylic acids is 1. The SMILES string of the molecule is O=C(Nc1ccc(Cl)cc1)c1ccc(CN2CCCN(Cc3cccc(Cl)c3)CC2)cc1.O=C(O)C(F)(F)F. The molecule has 0 bridgehead atoms. The van der Waals surface area contributed by atoms with Crippen LogP contribution in [0.15, 0.2) is 72.8 Å². The molecule has 4 rings (SSSR count). The van der Waals surface area contributed by atoms with Gasteiger partial charge < -0.3 is 10.4 Å². The molecule has 0 aliphatic carbocycles. The zero-order valence-corrected chi connectivity index (χ0v) is 22.4. The summed E-state index contributed by atoms with van der Waals surface area (Å²) < 4.78 is 31.7. The Labute approximate surface area is 234 Å². The third kappa shape index (κ3) is 10.5. The van der Waals surface area contributed by atoms with Gasteiger partial charge in [-0.1, -0.05) is 47.5 Å². The van der Waals surface area contributed by atoms with Gasteiger partial charge in [-0.05, 0) is 79.2 Å². The molecule has 0 radical (unpaired) electrons. The Hall–Kier alpha value is -3.11. The first-order valence-corrected chi connectivity index (χ1v) is 12.9. The number of hydrogen-bond acceptors (Lipinski definition) is 4. The average Bonchev–Trinajstić information content (AvgIpc) is 3.10. The second-order valence-corrected chi connectivity index (χ2v) is 9.87. The van der Waals surface area contributed by atoms with Gasteiger partial charge in [-0.25, -0.2) is 4.79 Å². The number of carboxylic acid groups (broad SMARTS) is 1. The fourth-order valence-corrected chi connectivity index (χ4v) is 4.33. The number of nitrogens with one attached hydrogen (secondary N) is 1. The molecule has 0 unspecified atom stereocenters. The maximum absolute atomic E-state index is 12.5. The topological polar surface area (TPSA) is 72.9 Å². The second-order valence-electron chi connectivity index (χ2n) is 9.00. The third-order valence-electron chi connectivity index (χ3n) is 5.94. The highest BCUT2D eigenvalue weighted by atomic mass is 35.5. The number of halogens is 5. The zero-order valence-electron chi connectivity index (χ0n) is 20.9. The van der Waals surface area contributed by atoms with Gasteiger partial charge in [-0.15, -0.1) is 0 Å². The van der Waals surface area contributed by atoms with Crippen molar-refractivity contribution < 1.29 is 27.9 Å². The largest absolute Gasteiger partial charge is 0.490 e. The number of alkyl halides is 3. The van der Waals surface area contributed by atoms with Gasteiger partial charge in [-0.2, -0.15) is 13.2 Å². The highest BCUT2D eigenvalue weighted by molar-refractivity contribution is 6.30. The van der Waals surface area contributed by atoms with Crippen molar-refractivity contribution in [2.24, 2.45) is 0 Å². The van der Waals surface area contributed by atoms with Gasteiger partial charge >= 0.3 is 12.1 Å². The van der Waals surface area contributed by atoms with E-state index in [1.165, 1.54) is 11.1 Å². The van der Waals surface area contributed by atoms with E-state index in [0.29, 0.717) is 10.6 Å². The molecule has 3 aromatic rings. The van der Waals surface area contributed by atoms with Crippen LogP contribution in [0.5, 0.6) is 0 Å². The molecule has 0 aromatic heterocycles. The highest BCUT2D eigenvalue weighted by Gasteiger charge is 2.38. The molecular formula is C28H28Cl2F3N3O3. The summed E-state index contributed by atoms with van der Waals surface area (Å²) in [6, 6.07) is 23.1. The van der Waals surface area contributed by atoms with Crippen LogP contribution in [0.4, 0.5) is 18.9 Å². The van der Waals surface area contributed by atoms with E-state index in [9.17, 15) is 18.0 Å². The maximum Gasteiger partial charge on any atom is 0.490 e. The summed E-state index contributed by atoms with van der Waals surface area (Å²) in [4.78, 5) is 26.4. The minimum atomic E-state index is -5.08. The smallest absolute Gasteiger partial charge is 0.475 e. The number of anilines is 1. The van der Waals surface area contributed by atoms with E-state index in [1.807, 2.05) is 36.4 Å². The van der Waals surface area contributed by atoms with Crippen LogP contribution in [0.1, 0.15) is 27.9 Å². The van der Waals surface area contributed by atoms with E-state index in [1.54, 1.807) is 24.3 Å². The zero-order chi connectivity index (χ0) is 28.4. The molecule has 1 saturated heterocycles. The Balaban J connectivity index is 0.000000532. The van der Waals surface area contributed by atoms with Crippen molar-refractivity contribution >= 4 is 40.8 Å². The number of hydrogen-bond donors (Lipinski definition) is 2. The lowest BCUT2D eigenvalue weighted by atomic mass is 10.1. The Bertz CT molecular complexity index is 1240. The molecular weight excluding hydrogens is 554 g/mol. The van der Waals surface area contributed by atoms with E-state index in [4.69, 9.17) is 33.1 Å². The lowest BCUT2D eigenvalue weighted by Crippen LogP contribution is -2.30. The first-order chi connectivity index (χ1) is 18.5. The van der Waals surface area contributed by atoms with Gasteiger partial charge in [0.25, 0.3) is 5.91 Å². The normalized spacial score (nSPS) is 14.6. The Kier molecular flexibility index (Phi) is 11.2. The van der Waals surface area contributed by atoms with Crippen molar-refractivity contribution in [3.8, 4) is 0 Å². The summed E-state index contributed by atoms with van der Waals surface area (Å²) in [5, 5.41) is 11.5. The van der Waals surface area contributed by atoms with Crippen LogP contribution in [0.25, 0.3) is 0 Å². The van der Waals surface area contributed by atoms with Crippen LogP contribution in [-0.2, 0) is 17.9 Å². The van der Waals surface area contributed by atoms with E-state index >= 15 is 0 Å². The quantitative estimate of drug-likeness (QED) is 0.343. The monoisotopic (exact) mass is 581 g/mol.